The fraction of sp³-hybridized carbons (Fsp3) is 0.750. The molecule has 0 radical (unpaired) electrons. The molecular formula is C16H27N5O. The lowest BCUT2D eigenvalue weighted by atomic mass is 10.1. The number of hydrogen-bond acceptors (Lipinski definition) is 4. The molecule has 0 bridgehead atoms. The zero-order chi connectivity index (χ0) is 15.5. The summed E-state index contributed by atoms with van der Waals surface area (Å²) in [5.74, 6) is 2.32. The highest BCUT2D eigenvalue weighted by atomic mass is 16.5. The van der Waals surface area contributed by atoms with Gasteiger partial charge in [-0.05, 0) is 32.6 Å². The molecule has 2 atom stereocenters. The Labute approximate surface area is 132 Å². The number of likely N-dealkylation sites (tertiary alicyclic amines) is 1. The first kappa shape index (κ1) is 15.3. The summed E-state index contributed by atoms with van der Waals surface area (Å²) in [6, 6.07) is 3.24. The first-order chi connectivity index (χ1) is 10.7. The molecule has 6 nitrogen and oxygen atoms in total. The van der Waals surface area contributed by atoms with Crippen LogP contribution in [0.3, 0.4) is 0 Å². The van der Waals surface area contributed by atoms with Gasteiger partial charge in [0.05, 0.1) is 5.69 Å². The second-order valence-corrected chi connectivity index (χ2v) is 6.54. The lowest BCUT2D eigenvalue weighted by molar-refractivity contribution is 0.315. The molecule has 2 unspecified atom stereocenters. The standard InChI is InChI=1S/C16H27N5O/c1-4-17-16(18-8-14-7-12(3)20-22-14)19-15-10-21(9-11(15)2)13-5-6-13/h7,11,13,15H,4-6,8-10H2,1-3H3,(H2,17,18,19). The van der Waals surface area contributed by atoms with Gasteiger partial charge in [0.15, 0.2) is 11.7 Å². The van der Waals surface area contributed by atoms with Gasteiger partial charge >= 0.3 is 0 Å². The van der Waals surface area contributed by atoms with Crippen LogP contribution >= 0.6 is 0 Å². The van der Waals surface area contributed by atoms with Crippen LogP contribution in [-0.2, 0) is 6.54 Å². The zero-order valence-corrected chi connectivity index (χ0v) is 13.8. The van der Waals surface area contributed by atoms with Gasteiger partial charge in [-0.1, -0.05) is 12.1 Å². The normalized spacial score (nSPS) is 26.4. The first-order valence-corrected chi connectivity index (χ1v) is 8.36. The van der Waals surface area contributed by atoms with E-state index < -0.39 is 0 Å². The van der Waals surface area contributed by atoms with Gasteiger partial charge in [0, 0.05) is 37.8 Å². The molecule has 0 aromatic carbocycles. The highest BCUT2D eigenvalue weighted by Gasteiger charge is 2.38. The Bertz CT molecular complexity index is 522. The highest BCUT2D eigenvalue weighted by molar-refractivity contribution is 5.80. The molecule has 3 rings (SSSR count). The fourth-order valence-corrected chi connectivity index (χ4v) is 3.07. The minimum atomic E-state index is 0.467. The van der Waals surface area contributed by atoms with E-state index in [1.807, 2.05) is 13.0 Å². The topological polar surface area (TPSA) is 65.7 Å². The number of nitrogens with one attached hydrogen (secondary N) is 2. The molecule has 2 aliphatic rings. The van der Waals surface area contributed by atoms with E-state index >= 15 is 0 Å². The van der Waals surface area contributed by atoms with E-state index in [2.05, 4.69) is 39.5 Å². The van der Waals surface area contributed by atoms with Crippen molar-refractivity contribution in [2.45, 2.75) is 52.2 Å². The Hall–Kier alpha value is -1.56. The van der Waals surface area contributed by atoms with Gasteiger partial charge in [0.2, 0.25) is 0 Å². The molecule has 22 heavy (non-hydrogen) atoms. The number of nitrogens with zero attached hydrogens (tertiary/aromatic N) is 3. The molecule has 1 aromatic heterocycles. The second-order valence-electron chi connectivity index (χ2n) is 6.54. The molecule has 122 valence electrons. The van der Waals surface area contributed by atoms with Crippen molar-refractivity contribution >= 4 is 5.96 Å². The number of guanidine groups is 1. The summed E-state index contributed by atoms with van der Waals surface area (Å²) >= 11 is 0. The Morgan fingerprint density at radius 1 is 1.45 bits per heavy atom. The molecular weight excluding hydrogens is 278 g/mol. The maximum atomic E-state index is 5.22. The molecule has 2 heterocycles. The molecule has 1 aliphatic carbocycles. The minimum absolute atomic E-state index is 0.467. The van der Waals surface area contributed by atoms with Crippen molar-refractivity contribution in [3.63, 3.8) is 0 Å². The van der Waals surface area contributed by atoms with Crippen LogP contribution in [0.25, 0.3) is 0 Å². The van der Waals surface area contributed by atoms with Gasteiger partial charge in [-0.15, -0.1) is 0 Å². The van der Waals surface area contributed by atoms with Gasteiger partial charge in [-0.25, -0.2) is 4.99 Å². The Kier molecular flexibility index (Phi) is 4.66. The van der Waals surface area contributed by atoms with Crippen LogP contribution in [0.5, 0.6) is 0 Å². The van der Waals surface area contributed by atoms with Gasteiger partial charge in [-0.3, -0.25) is 4.90 Å². The summed E-state index contributed by atoms with van der Waals surface area (Å²) in [7, 11) is 0. The summed E-state index contributed by atoms with van der Waals surface area (Å²) in [6.07, 6.45) is 2.75. The van der Waals surface area contributed by atoms with Gasteiger partial charge in [0.25, 0.3) is 0 Å². The van der Waals surface area contributed by atoms with E-state index in [9.17, 15) is 0 Å². The van der Waals surface area contributed by atoms with Crippen molar-refractivity contribution in [2.75, 3.05) is 19.6 Å². The van der Waals surface area contributed by atoms with E-state index in [1.54, 1.807) is 0 Å². The van der Waals surface area contributed by atoms with Crippen molar-refractivity contribution in [2.24, 2.45) is 10.9 Å². The van der Waals surface area contributed by atoms with Crippen LogP contribution in [0.2, 0.25) is 0 Å². The molecule has 1 aliphatic heterocycles. The third kappa shape index (κ3) is 3.80. The first-order valence-electron chi connectivity index (χ1n) is 8.36. The summed E-state index contributed by atoms with van der Waals surface area (Å²) in [6.45, 7) is 10.0. The Morgan fingerprint density at radius 2 is 2.27 bits per heavy atom. The van der Waals surface area contributed by atoms with E-state index in [1.165, 1.54) is 19.4 Å². The highest BCUT2D eigenvalue weighted by Crippen LogP contribution is 2.31. The van der Waals surface area contributed by atoms with Crippen LogP contribution in [0.4, 0.5) is 0 Å². The average Bonchev–Trinajstić information content (AvgIpc) is 3.16. The molecule has 6 heteroatoms. The molecule has 2 fully saturated rings. The number of aryl methyl sites for hydroxylation is 1. The smallest absolute Gasteiger partial charge is 0.191 e. The third-order valence-corrected chi connectivity index (χ3v) is 4.44. The van der Waals surface area contributed by atoms with Gasteiger partial charge in [-0.2, -0.15) is 0 Å². The SMILES string of the molecule is CCNC(=NCc1cc(C)no1)NC1CN(C2CC2)CC1C. The molecule has 1 saturated heterocycles. The summed E-state index contributed by atoms with van der Waals surface area (Å²) in [5, 5.41) is 10.8. The quantitative estimate of drug-likeness (QED) is 0.638. The van der Waals surface area contributed by atoms with E-state index in [4.69, 9.17) is 4.52 Å². The maximum Gasteiger partial charge on any atom is 0.191 e. The summed E-state index contributed by atoms with van der Waals surface area (Å²) in [5.41, 5.74) is 0.896. The second kappa shape index (κ2) is 6.69. The van der Waals surface area contributed by atoms with Crippen molar-refractivity contribution in [3.05, 3.63) is 17.5 Å². The van der Waals surface area contributed by atoms with Crippen molar-refractivity contribution in [1.82, 2.24) is 20.7 Å². The molecule has 0 amide bonds. The summed E-state index contributed by atoms with van der Waals surface area (Å²) in [4.78, 5) is 7.24. The Morgan fingerprint density at radius 3 is 2.91 bits per heavy atom. The molecule has 2 N–H and O–H groups in total. The lowest BCUT2D eigenvalue weighted by Gasteiger charge is -2.20. The van der Waals surface area contributed by atoms with E-state index in [0.717, 1.165) is 36.5 Å². The van der Waals surface area contributed by atoms with Gasteiger partial charge in [0.1, 0.15) is 6.54 Å². The van der Waals surface area contributed by atoms with Crippen molar-refractivity contribution in [3.8, 4) is 0 Å². The average molecular weight is 305 g/mol. The predicted molar refractivity (Wildman–Crippen MR) is 86.7 cm³/mol. The largest absolute Gasteiger partial charge is 0.359 e. The van der Waals surface area contributed by atoms with Crippen LogP contribution < -0.4 is 10.6 Å². The fourth-order valence-electron chi connectivity index (χ4n) is 3.07. The monoisotopic (exact) mass is 305 g/mol. The van der Waals surface area contributed by atoms with E-state index in [0.29, 0.717) is 18.5 Å². The maximum absolute atomic E-state index is 5.22. The number of rotatable bonds is 5. The molecule has 1 aromatic rings. The van der Waals surface area contributed by atoms with Crippen LogP contribution in [0.15, 0.2) is 15.6 Å². The zero-order valence-electron chi connectivity index (χ0n) is 13.8. The molecule has 0 spiro atoms. The number of aromatic nitrogens is 1. The molecule has 1 saturated carbocycles. The number of aliphatic imine (C=N–C) groups is 1. The van der Waals surface area contributed by atoms with Crippen molar-refractivity contribution < 1.29 is 4.52 Å². The van der Waals surface area contributed by atoms with Crippen LogP contribution in [0, 0.1) is 12.8 Å². The van der Waals surface area contributed by atoms with E-state index in [-0.39, 0.29) is 0 Å². The predicted octanol–water partition coefficient (Wildman–Crippen LogP) is 1.52. The Balaban J connectivity index is 1.58. The van der Waals surface area contributed by atoms with Crippen LogP contribution in [0.1, 0.15) is 38.1 Å². The number of hydrogen-bond donors (Lipinski definition) is 2. The summed E-state index contributed by atoms with van der Waals surface area (Å²) < 4.78 is 5.22. The minimum Gasteiger partial charge on any atom is -0.359 e. The van der Waals surface area contributed by atoms with Gasteiger partial charge < -0.3 is 15.2 Å². The van der Waals surface area contributed by atoms with Crippen LogP contribution in [-0.4, -0.2) is 47.7 Å². The third-order valence-electron chi connectivity index (χ3n) is 4.44. The lowest BCUT2D eigenvalue weighted by Crippen LogP contribution is -2.46. The van der Waals surface area contributed by atoms with Crippen molar-refractivity contribution in [1.29, 1.82) is 0 Å².